The van der Waals surface area contributed by atoms with Crippen LogP contribution in [0.3, 0.4) is 0 Å². The van der Waals surface area contributed by atoms with Crippen molar-refractivity contribution in [3.63, 3.8) is 0 Å². The largest absolute Gasteiger partial charge is 0.350 e. The van der Waals surface area contributed by atoms with Gasteiger partial charge in [-0.3, -0.25) is 14.8 Å². The number of hydroxylamine groups is 1. The van der Waals surface area contributed by atoms with Gasteiger partial charge in [0.15, 0.2) is 0 Å². The molecule has 6 nitrogen and oxygen atoms in total. The fourth-order valence-corrected chi connectivity index (χ4v) is 3.46. The Morgan fingerprint density at radius 2 is 1.96 bits per heavy atom. The number of nitrogens with zero attached hydrogens (tertiary/aromatic N) is 1. The zero-order valence-electron chi connectivity index (χ0n) is 14.6. The molecule has 1 aliphatic rings. The van der Waals surface area contributed by atoms with Crippen molar-refractivity contribution in [1.82, 2.24) is 15.4 Å². The van der Waals surface area contributed by atoms with Crippen molar-refractivity contribution >= 4 is 28.8 Å². The summed E-state index contributed by atoms with van der Waals surface area (Å²) in [6, 6.07) is 15.6. The van der Waals surface area contributed by atoms with Crippen molar-refractivity contribution < 1.29 is 14.8 Å². The molecule has 1 aromatic heterocycles. The summed E-state index contributed by atoms with van der Waals surface area (Å²) in [4.78, 5) is 29.0. The van der Waals surface area contributed by atoms with Gasteiger partial charge in [0, 0.05) is 30.1 Å². The molecule has 0 unspecified atom stereocenters. The monoisotopic (exact) mass is 361 g/mol. The molecule has 2 heterocycles. The van der Waals surface area contributed by atoms with Crippen molar-refractivity contribution in [2.75, 3.05) is 6.54 Å². The molecular formula is C21H19N3O3. The Morgan fingerprint density at radius 3 is 2.74 bits per heavy atom. The molecule has 0 atom stereocenters. The van der Waals surface area contributed by atoms with E-state index in [4.69, 9.17) is 5.21 Å². The van der Waals surface area contributed by atoms with Crippen molar-refractivity contribution in [2.24, 2.45) is 0 Å². The van der Waals surface area contributed by atoms with E-state index in [-0.39, 0.29) is 5.91 Å². The summed E-state index contributed by atoms with van der Waals surface area (Å²) in [5.41, 5.74) is 6.21. The van der Waals surface area contributed by atoms with Crippen molar-refractivity contribution in [2.45, 2.75) is 13.0 Å². The molecule has 0 aliphatic carbocycles. The number of amides is 2. The van der Waals surface area contributed by atoms with Gasteiger partial charge in [-0.15, -0.1) is 0 Å². The van der Waals surface area contributed by atoms with Crippen LogP contribution in [0.25, 0.3) is 17.0 Å². The van der Waals surface area contributed by atoms with Crippen LogP contribution in [0.4, 0.5) is 0 Å². The van der Waals surface area contributed by atoms with Crippen molar-refractivity contribution in [1.29, 1.82) is 0 Å². The maximum atomic E-state index is 12.9. The quantitative estimate of drug-likeness (QED) is 0.379. The molecule has 1 aliphatic heterocycles. The smallest absolute Gasteiger partial charge is 0.270 e. The first-order valence-electron chi connectivity index (χ1n) is 8.75. The maximum absolute atomic E-state index is 12.9. The standard InChI is InChI=1S/C21H19N3O3/c25-19(23-27)10-9-14-5-7-15(8-6-14)13-24-12-11-17-16-3-1-2-4-18(16)22-20(17)21(24)26/h1-10,22,27H,11-13H2,(H,23,25)/b10-9+. The Labute approximate surface area is 156 Å². The predicted molar refractivity (Wildman–Crippen MR) is 102 cm³/mol. The van der Waals surface area contributed by atoms with E-state index >= 15 is 0 Å². The lowest BCUT2D eigenvalue weighted by Crippen LogP contribution is -2.36. The minimum Gasteiger partial charge on any atom is -0.350 e. The SMILES string of the molecule is O=C(/C=C/c1ccc(CN2CCc3c([nH]c4ccccc34)C2=O)cc1)NO. The summed E-state index contributed by atoms with van der Waals surface area (Å²) in [7, 11) is 0. The molecule has 0 fully saturated rings. The number of fused-ring (bicyclic) bond motifs is 3. The molecule has 0 bridgehead atoms. The van der Waals surface area contributed by atoms with E-state index in [0.717, 1.165) is 34.0 Å². The number of rotatable bonds is 4. The van der Waals surface area contributed by atoms with E-state index in [1.807, 2.05) is 47.4 Å². The molecule has 3 aromatic rings. The number of aromatic nitrogens is 1. The Bertz CT molecular complexity index is 1030. The van der Waals surface area contributed by atoms with E-state index in [0.29, 0.717) is 18.8 Å². The summed E-state index contributed by atoms with van der Waals surface area (Å²) in [6.07, 6.45) is 3.70. The summed E-state index contributed by atoms with van der Waals surface area (Å²) in [5.74, 6) is -0.553. The van der Waals surface area contributed by atoms with Gasteiger partial charge in [0.05, 0.1) is 0 Å². The van der Waals surface area contributed by atoms with E-state index in [9.17, 15) is 9.59 Å². The number of aromatic amines is 1. The normalized spacial score (nSPS) is 14.0. The first kappa shape index (κ1) is 17.1. The lowest BCUT2D eigenvalue weighted by molar-refractivity contribution is -0.124. The lowest BCUT2D eigenvalue weighted by Gasteiger charge is -2.27. The number of H-pyrrole nitrogens is 1. The van der Waals surface area contributed by atoms with Gasteiger partial charge >= 0.3 is 0 Å². The Morgan fingerprint density at radius 1 is 1.19 bits per heavy atom. The second kappa shape index (κ2) is 7.09. The van der Waals surface area contributed by atoms with Crippen LogP contribution in [0.1, 0.15) is 27.2 Å². The van der Waals surface area contributed by atoms with Crippen LogP contribution in [-0.2, 0) is 17.8 Å². The lowest BCUT2D eigenvalue weighted by atomic mass is 10.0. The van der Waals surface area contributed by atoms with Gasteiger partial charge in [-0.05, 0) is 35.3 Å². The highest BCUT2D eigenvalue weighted by atomic mass is 16.5. The van der Waals surface area contributed by atoms with E-state index in [2.05, 4.69) is 11.1 Å². The highest BCUT2D eigenvalue weighted by Gasteiger charge is 2.27. The van der Waals surface area contributed by atoms with Crippen LogP contribution < -0.4 is 5.48 Å². The van der Waals surface area contributed by atoms with Crippen LogP contribution in [0.2, 0.25) is 0 Å². The Hall–Kier alpha value is -3.38. The zero-order valence-corrected chi connectivity index (χ0v) is 14.6. The Kier molecular flexibility index (Phi) is 4.48. The van der Waals surface area contributed by atoms with Gasteiger partial charge in [0.1, 0.15) is 5.69 Å². The number of carbonyl (C=O) groups excluding carboxylic acids is 2. The van der Waals surface area contributed by atoms with Gasteiger partial charge in [0.2, 0.25) is 0 Å². The van der Waals surface area contributed by atoms with Gasteiger partial charge in [-0.25, -0.2) is 5.48 Å². The van der Waals surface area contributed by atoms with Crippen LogP contribution in [0, 0.1) is 0 Å². The number of para-hydroxylation sites is 1. The molecule has 136 valence electrons. The van der Waals surface area contributed by atoms with Crippen LogP contribution in [0.5, 0.6) is 0 Å². The summed E-state index contributed by atoms with van der Waals surface area (Å²) in [5, 5.41) is 9.62. The first-order valence-corrected chi connectivity index (χ1v) is 8.75. The minimum atomic E-state index is -0.577. The van der Waals surface area contributed by atoms with E-state index in [1.165, 1.54) is 6.08 Å². The first-order chi connectivity index (χ1) is 13.2. The molecule has 0 saturated heterocycles. The fraction of sp³-hybridized carbons (Fsp3) is 0.143. The average molecular weight is 361 g/mol. The topological polar surface area (TPSA) is 85.4 Å². The highest BCUT2D eigenvalue weighted by Crippen LogP contribution is 2.28. The summed E-state index contributed by atoms with van der Waals surface area (Å²) in [6.45, 7) is 1.22. The Balaban J connectivity index is 1.50. The van der Waals surface area contributed by atoms with E-state index < -0.39 is 5.91 Å². The molecule has 4 rings (SSSR count). The van der Waals surface area contributed by atoms with Crippen LogP contribution in [0.15, 0.2) is 54.6 Å². The number of hydrogen-bond acceptors (Lipinski definition) is 3. The van der Waals surface area contributed by atoms with Crippen molar-refractivity contribution in [3.05, 3.63) is 77.0 Å². The summed E-state index contributed by atoms with van der Waals surface area (Å²) >= 11 is 0. The molecule has 0 spiro atoms. The summed E-state index contributed by atoms with van der Waals surface area (Å²) < 4.78 is 0. The fourth-order valence-electron chi connectivity index (χ4n) is 3.46. The second-order valence-electron chi connectivity index (χ2n) is 6.55. The number of carbonyl (C=O) groups is 2. The van der Waals surface area contributed by atoms with Gasteiger partial charge in [-0.1, -0.05) is 42.5 Å². The predicted octanol–water partition coefficient (Wildman–Crippen LogP) is 2.89. The van der Waals surface area contributed by atoms with Gasteiger partial charge < -0.3 is 9.88 Å². The second-order valence-corrected chi connectivity index (χ2v) is 6.55. The van der Waals surface area contributed by atoms with Crippen LogP contribution >= 0.6 is 0 Å². The molecule has 0 saturated carbocycles. The number of nitrogens with one attached hydrogen (secondary N) is 2. The maximum Gasteiger partial charge on any atom is 0.270 e. The molecule has 2 aromatic carbocycles. The molecule has 6 heteroatoms. The minimum absolute atomic E-state index is 0.0241. The van der Waals surface area contributed by atoms with Gasteiger partial charge in [0.25, 0.3) is 11.8 Å². The van der Waals surface area contributed by atoms with Gasteiger partial charge in [-0.2, -0.15) is 0 Å². The van der Waals surface area contributed by atoms with E-state index in [1.54, 1.807) is 11.6 Å². The number of benzene rings is 2. The number of hydrogen-bond donors (Lipinski definition) is 3. The molecule has 27 heavy (non-hydrogen) atoms. The molecule has 2 amide bonds. The average Bonchev–Trinajstić information content (AvgIpc) is 3.09. The molecule has 0 radical (unpaired) electrons. The molecular weight excluding hydrogens is 342 g/mol. The van der Waals surface area contributed by atoms with Crippen LogP contribution in [-0.4, -0.2) is 33.5 Å². The highest BCUT2D eigenvalue weighted by molar-refractivity contribution is 6.02. The zero-order chi connectivity index (χ0) is 18.8. The third-order valence-electron chi connectivity index (χ3n) is 4.84. The van der Waals surface area contributed by atoms with Crippen molar-refractivity contribution in [3.8, 4) is 0 Å². The molecule has 3 N–H and O–H groups in total. The third kappa shape index (κ3) is 3.35. The third-order valence-corrected chi connectivity index (χ3v) is 4.84.